The third-order valence-electron chi connectivity index (χ3n) is 8.46. The topological polar surface area (TPSA) is 114 Å². The highest BCUT2D eigenvalue weighted by Crippen LogP contribution is 2.60. The zero-order chi connectivity index (χ0) is 24.2. The number of nitrogens with zero attached hydrogens (tertiary/aromatic N) is 4. The summed E-state index contributed by atoms with van der Waals surface area (Å²) < 4.78 is 24.1. The van der Waals surface area contributed by atoms with Gasteiger partial charge in [-0.3, -0.25) is 4.79 Å². The van der Waals surface area contributed by atoms with Crippen molar-refractivity contribution in [2.45, 2.75) is 62.6 Å². The van der Waals surface area contributed by atoms with E-state index in [-0.39, 0.29) is 22.4 Å². The van der Waals surface area contributed by atoms with Crippen LogP contribution in [0.25, 0.3) is 0 Å². The fourth-order valence-corrected chi connectivity index (χ4v) is 7.84. The summed E-state index contributed by atoms with van der Waals surface area (Å²) in [6.07, 6.45) is 10.3. The molecule has 0 spiro atoms. The molecule has 1 aromatic carbocycles. The van der Waals surface area contributed by atoms with Gasteiger partial charge in [-0.2, -0.15) is 10.2 Å². The van der Waals surface area contributed by atoms with Crippen LogP contribution in [0.1, 0.15) is 67.7 Å². The van der Waals surface area contributed by atoms with Crippen molar-refractivity contribution in [2.24, 2.45) is 33.4 Å². The molecule has 1 amide bonds. The zero-order valence-electron chi connectivity index (χ0n) is 20.0. The number of hydrogen-bond acceptors (Lipinski definition) is 7. The van der Waals surface area contributed by atoms with Crippen molar-refractivity contribution >= 4 is 21.4 Å². The fourth-order valence-electron chi connectivity index (χ4n) is 7.34. The maximum Gasteiger partial charge on any atom is 0.247 e. The summed E-state index contributed by atoms with van der Waals surface area (Å²) in [7, 11) is -3.54. The van der Waals surface area contributed by atoms with E-state index in [4.69, 9.17) is 0 Å². The first-order valence-electron chi connectivity index (χ1n) is 12.6. The Morgan fingerprint density at radius 3 is 2.51 bits per heavy atom. The van der Waals surface area contributed by atoms with Crippen molar-refractivity contribution in [3.05, 3.63) is 47.3 Å². The zero-order valence-corrected chi connectivity index (χ0v) is 20.8. The Balaban J connectivity index is 1.22. The van der Waals surface area contributed by atoms with Gasteiger partial charge in [0.05, 0.1) is 18.4 Å². The van der Waals surface area contributed by atoms with Gasteiger partial charge in [0.2, 0.25) is 20.9 Å². The molecular formula is C26H31N5O3S. The van der Waals surface area contributed by atoms with E-state index >= 15 is 0 Å². The van der Waals surface area contributed by atoms with Crippen LogP contribution in [-0.4, -0.2) is 37.1 Å². The molecule has 184 valence electrons. The van der Waals surface area contributed by atoms with Crippen LogP contribution in [0.5, 0.6) is 0 Å². The van der Waals surface area contributed by atoms with Crippen LogP contribution in [0.15, 0.2) is 45.8 Å². The van der Waals surface area contributed by atoms with Crippen LogP contribution >= 0.6 is 0 Å². The van der Waals surface area contributed by atoms with E-state index in [0.29, 0.717) is 30.9 Å². The average Bonchev–Trinajstić information content (AvgIpc) is 3.03. The summed E-state index contributed by atoms with van der Waals surface area (Å²) in [5.74, 6) is 2.29. The van der Waals surface area contributed by atoms with E-state index in [0.717, 1.165) is 54.4 Å². The van der Waals surface area contributed by atoms with Crippen molar-refractivity contribution in [2.75, 3.05) is 12.8 Å². The normalized spacial score (nSPS) is 31.1. The van der Waals surface area contributed by atoms with Crippen molar-refractivity contribution < 1.29 is 13.2 Å². The molecule has 4 aliphatic carbocycles. The summed E-state index contributed by atoms with van der Waals surface area (Å²) in [4.78, 5) is 21.8. The molecule has 1 aliphatic heterocycles. The van der Waals surface area contributed by atoms with Crippen LogP contribution in [0.2, 0.25) is 0 Å². The summed E-state index contributed by atoms with van der Waals surface area (Å²) in [5, 5.41) is 11.5. The molecule has 1 N–H and O–H groups in total. The van der Waals surface area contributed by atoms with Gasteiger partial charge in [0, 0.05) is 24.1 Å². The SMILES string of the molecule is CS(=O)(=O)c1ncc2c(n1)C(c1cccc(CNC(=O)C34CC5CC(CC(C5)C3)C4)c1)CCN=N2. The summed E-state index contributed by atoms with van der Waals surface area (Å²) >= 11 is 0. The molecule has 4 fully saturated rings. The Morgan fingerprint density at radius 2 is 1.83 bits per heavy atom. The first-order chi connectivity index (χ1) is 16.8. The molecule has 2 heterocycles. The van der Waals surface area contributed by atoms with E-state index in [2.05, 4.69) is 31.6 Å². The van der Waals surface area contributed by atoms with E-state index in [1.807, 2.05) is 18.2 Å². The number of fused-ring (bicyclic) bond motifs is 1. The largest absolute Gasteiger partial charge is 0.352 e. The maximum atomic E-state index is 13.4. The van der Waals surface area contributed by atoms with E-state index in [1.54, 1.807) is 0 Å². The minimum atomic E-state index is -3.54. The van der Waals surface area contributed by atoms with Gasteiger partial charge in [-0.25, -0.2) is 18.4 Å². The molecule has 0 saturated heterocycles. The lowest BCUT2D eigenvalue weighted by Crippen LogP contribution is -2.53. The molecular weight excluding hydrogens is 462 g/mol. The molecule has 1 aromatic heterocycles. The third kappa shape index (κ3) is 4.28. The standard InChI is InChI=1S/C26H31N5O3S/c1-35(33,34)25-28-15-22-23(30-25)21(5-6-29-31-22)20-4-2-3-16(10-20)14-27-24(32)26-11-17-7-18(12-26)9-19(8-17)13-26/h2-4,10,15,17-19,21H,5-9,11-14H2,1H3,(H,27,32). The number of carbonyl (C=O) groups is 1. The number of aromatic nitrogens is 2. The van der Waals surface area contributed by atoms with Crippen molar-refractivity contribution in [3.63, 3.8) is 0 Å². The molecule has 9 heteroatoms. The predicted octanol–water partition coefficient (Wildman–Crippen LogP) is 4.33. The Kier molecular flexibility index (Phi) is 5.51. The number of azo groups is 1. The molecule has 35 heavy (non-hydrogen) atoms. The first-order valence-corrected chi connectivity index (χ1v) is 14.5. The second-order valence-corrected chi connectivity index (χ2v) is 13.0. The number of sulfone groups is 1. The van der Waals surface area contributed by atoms with Gasteiger partial charge in [0.15, 0.2) is 0 Å². The van der Waals surface area contributed by atoms with Crippen molar-refractivity contribution in [1.82, 2.24) is 15.3 Å². The number of hydrogen-bond donors (Lipinski definition) is 1. The molecule has 1 atom stereocenters. The highest BCUT2D eigenvalue weighted by atomic mass is 32.2. The van der Waals surface area contributed by atoms with Crippen LogP contribution in [-0.2, 0) is 21.2 Å². The summed E-state index contributed by atoms with van der Waals surface area (Å²) in [6, 6.07) is 8.12. The fraction of sp³-hybridized carbons (Fsp3) is 0.577. The van der Waals surface area contributed by atoms with E-state index in [9.17, 15) is 13.2 Å². The number of nitrogens with one attached hydrogen (secondary N) is 1. The maximum absolute atomic E-state index is 13.4. The minimum absolute atomic E-state index is 0.151. The Morgan fingerprint density at radius 1 is 1.11 bits per heavy atom. The van der Waals surface area contributed by atoms with Crippen LogP contribution < -0.4 is 5.32 Å². The Hall–Kier alpha value is -2.68. The van der Waals surface area contributed by atoms with Gasteiger partial charge in [-0.1, -0.05) is 24.3 Å². The lowest BCUT2D eigenvalue weighted by Gasteiger charge is -2.55. The first kappa shape index (κ1) is 22.8. The van der Waals surface area contributed by atoms with E-state index in [1.165, 1.54) is 25.5 Å². The van der Waals surface area contributed by atoms with Crippen LogP contribution in [0.4, 0.5) is 5.69 Å². The quantitative estimate of drug-likeness (QED) is 0.623. The summed E-state index contributed by atoms with van der Waals surface area (Å²) in [5.41, 5.74) is 2.96. The molecule has 4 bridgehead atoms. The van der Waals surface area contributed by atoms with Gasteiger partial charge in [0.25, 0.3) is 0 Å². The third-order valence-corrected chi connectivity index (χ3v) is 9.32. The molecule has 8 nitrogen and oxygen atoms in total. The van der Waals surface area contributed by atoms with Crippen LogP contribution in [0.3, 0.4) is 0 Å². The monoisotopic (exact) mass is 493 g/mol. The lowest BCUT2D eigenvalue weighted by molar-refractivity contribution is -0.146. The number of amides is 1. The Bertz CT molecular complexity index is 1270. The molecule has 4 saturated carbocycles. The van der Waals surface area contributed by atoms with Gasteiger partial charge in [-0.05, 0) is 73.8 Å². The van der Waals surface area contributed by atoms with Gasteiger partial charge < -0.3 is 5.32 Å². The predicted molar refractivity (Wildman–Crippen MR) is 130 cm³/mol. The molecule has 0 radical (unpaired) electrons. The second kappa shape index (κ2) is 8.47. The van der Waals surface area contributed by atoms with Gasteiger partial charge in [-0.15, -0.1) is 0 Å². The van der Waals surface area contributed by atoms with Crippen LogP contribution in [0, 0.1) is 23.2 Å². The lowest BCUT2D eigenvalue weighted by atomic mass is 9.49. The molecule has 5 aliphatic rings. The number of carbonyl (C=O) groups excluding carboxylic acids is 1. The smallest absolute Gasteiger partial charge is 0.247 e. The molecule has 1 unspecified atom stereocenters. The molecule has 2 aromatic rings. The average molecular weight is 494 g/mol. The van der Waals surface area contributed by atoms with Crippen molar-refractivity contribution in [1.29, 1.82) is 0 Å². The second-order valence-electron chi connectivity index (χ2n) is 11.1. The highest BCUT2D eigenvalue weighted by molar-refractivity contribution is 7.90. The minimum Gasteiger partial charge on any atom is -0.352 e. The van der Waals surface area contributed by atoms with Gasteiger partial charge in [0.1, 0.15) is 5.69 Å². The van der Waals surface area contributed by atoms with E-state index < -0.39 is 9.84 Å². The van der Waals surface area contributed by atoms with Crippen molar-refractivity contribution in [3.8, 4) is 0 Å². The van der Waals surface area contributed by atoms with Gasteiger partial charge >= 0.3 is 0 Å². The Labute approximate surface area is 206 Å². The number of rotatable bonds is 5. The molecule has 7 rings (SSSR count). The highest BCUT2D eigenvalue weighted by Gasteiger charge is 2.54. The number of benzene rings is 1. The summed E-state index contributed by atoms with van der Waals surface area (Å²) in [6.45, 7) is 1.00.